The minimum Gasteiger partial charge on any atom is -0.493 e. The summed E-state index contributed by atoms with van der Waals surface area (Å²) in [5, 5.41) is 3.96. The predicted molar refractivity (Wildman–Crippen MR) is 83.0 cm³/mol. The number of rotatable bonds is 5. The molecule has 0 bridgehead atoms. The van der Waals surface area contributed by atoms with Gasteiger partial charge in [0.25, 0.3) is 5.91 Å². The third kappa shape index (κ3) is 3.39. The molecule has 1 aliphatic rings. The highest BCUT2D eigenvalue weighted by Gasteiger charge is 2.17. The zero-order valence-electron chi connectivity index (χ0n) is 12.5. The molecule has 3 rings (SSSR count). The Morgan fingerprint density at radius 3 is 3.00 bits per heavy atom. The normalized spacial score (nSPS) is 12.4. The number of pyridine rings is 1. The van der Waals surface area contributed by atoms with Crippen molar-refractivity contribution in [2.75, 3.05) is 13.4 Å². The van der Waals surface area contributed by atoms with Gasteiger partial charge < -0.3 is 14.2 Å². The summed E-state index contributed by atoms with van der Waals surface area (Å²) in [5.41, 5.74) is 3.56. The van der Waals surface area contributed by atoms with Crippen LogP contribution in [0.1, 0.15) is 22.8 Å². The van der Waals surface area contributed by atoms with Crippen molar-refractivity contribution in [2.45, 2.75) is 6.92 Å². The summed E-state index contributed by atoms with van der Waals surface area (Å²) < 4.78 is 16.2. The van der Waals surface area contributed by atoms with Crippen LogP contribution in [-0.4, -0.2) is 30.5 Å². The van der Waals surface area contributed by atoms with Crippen molar-refractivity contribution in [2.24, 2.45) is 5.10 Å². The van der Waals surface area contributed by atoms with E-state index in [0.29, 0.717) is 35.0 Å². The zero-order chi connectivity index (χ0) is 16.1. The van der Waals surface area contributed by atoms with E-state index in [1.165, 1.54) is 12.4 Å². The maximum absolute atomic E-state index is 11.9. The van der Waals surface area contributed by atoms with Crippen molar-refractivity contribution in [1.82, 2.24) is 10.4 Å². The second-order valence-electron chi connectivity index (χ2n) is 4.62. The van der Waals surface area contributed by atoms with E-state index >= 15 is 0 Å². The topological polar surface area (TPSA) is 82.0 Å². The van der Waals surface area contributed by atoms with Gasteiger partial charge in [-0.05, 0) is 25.1 Å². The third-order valence-electron chi connectivity index (χ3n) is 3.10. The Kier molecular flexibility index (Phi) is 4.37. The number of carbonyl (C=O) groups excluding carboxylic acids is 1. The molecule has 0 fully saturated rings. The highest BCUT2D eigenvalue weighted by Crippen LogP contribution is 2.37. The quantitative estimate of drug-likeness (QED) is 0.674. The first-order chi connectivity index (χ1) is 11.3. The van der Waals surface area contributed by atoms with E-state index in [1.54, 1.807) is 30.5 Å². The highest BCUT2D eigenvalue weighted by molar-refractivity contribution is 5.94. The lowest BCUT2D eigenvalue weighted by Gasteiger charge is -2.08. The summed E-state index contributed by atoms with van der Waals surface area (Å²) in [7, 11) is 0. The molecule has 2 aromatic rings. The molecule has 118 valence electrons. The molecule has 0 unspecified atom stereocenters. The molecule has 0 aliphatic carbocycles. The molecule has 7 nitrogen and oxygen atoms in total. The Morgan fingerprint density at radius 1 is 1.43 bits per heavy atom. The van der Waals surface area contributed by atoms with Crippen LogP contribution < -0.4 is 19.6 Å². The zero-order valence-corrected chi connectivity index (χ0v) is 12.5. The van der Waals surface area contributed by atoms with Gasteiger partial charge in [0.1, 0.15) is 5.75 Å². The lowest BCUT2D eigenvalue weighted by atomic mass is 10.2. The first-order valence-electron chi connectivity index (χ1n) is 7.08. The van der Waals surface area contributed by atoms with Gasteiger partial charge in [-0.15, -0.1) is 0 Å². The molecule has 0 spiro atoms. The minimum absolute atomic E-state index is 0.180. The van der Waals surface area contributed by atoms with Gasteiger partial charge in [-0.25, -0.2) is 5.43 Å². The van der Waals surface area contributed by atoms with Crippen LogP contribution in [0.5, 0.6) is 17.2 Å². The van der Waals surface area contributed by atoms with Crippen LogP contribution in [-0.2, 0) is 0 Å². The predicted octanol–water partition coefficient (Wildman–Crippen LogP) is 1.97. The molecule has 1 N–H and O–H groups in total. The van der Waals surface area contributed by atoms with Crippen LogP contribution in [0.15, 0.2) is 41.8 Å². The number of nitrogens with one attached hydrogen (secondary N) is 1. The summed E-state index contributed by atoms with van der Waals surface area (Å²) in [6.07, 6.45) is 4.57. The maximum Gasteiger partial charge on any atom is 0.272 e. The molecule has 1 aliphatic heterocycles. The van der Waals surface area contributed by atoms with E-state index in [2.05, 4.69) is 15.5 Å². The maximum atomic E-state index is 11.9. The average Bonchev–Trinajstić information content (AvgIpc) is 3.03. The molecule has 2 heterocycles. The average molecular weight is 313 g/mol. The Hall–Kier alpha value is -3.09. The van der Waals surface area contributed by atoms with E-state index in [1.807, 2.05) is 6.92 Å². The molecule has 0 atom stereocenters. The van der Waals surface area contributed by atoms with E-state index < -0.39 is 0 Å². The smallest absolute Gasteiger partial charge is 0.272 e. The van der Waals surface area contributed by atoms with Gasteiger partial charge in [0.05, 0.1) is 18.4 Å². The van der Waals surface area contributed by atoms with Crippen molar-refractivity contribution in [3.8, 4) is 17.2 Å². The second kappa shape index (κ2) is 6.78. The number of hydrogen-bond acceptors (Lipinski definition) is 6. The molecule has 23 heavy (non-hydrogen) atoms. The Balaban J connectivity index is 1.75. The summed E-state index contributed by atoms with van der Waals surface area (Å²) in [5.74, 6) is 1.52. The Bertz CT molecular complexity index is 732. The van der Waals surface area contributed by atoms with Crippen molar-refractivity contribution >= 4 is 12.1 Å². The fourth-order valence-corrected chi connectivity index (χ4v) is 2.04. The van der Waals surface area contributed by atoms with Gasteiger partial charge >= 0.3 is 0 Å². The molecule has 1 aromatic carbocycles. The number of ether oxygens (including phenoxy) is 3. The SMILES string of the molecule is CCOc1cc2c(cc1/C=N/NC(=O)c1cccnc1)OCO2. The van der Waals surface area contributed by atoms with E-state index in [-0.39, 0.29) is 12.7 Å². The number of aromatic nitrogens is 1. The lowest BCUT2D eigenvalue weighted by molar-refractivity contribution is 0.0954. The fraction of sp³-hybridized carbons (Fsp3) is 0.188. The third-order valence-corrected chi connectivity index (χ3v) is 3.10. The summed E-state index contributed by atoms with van der Waals surface area (Å²) in [6, 6.07) is 6.84. The summed E-state index contributed by atoms with van der Waals surface area (Å²) in [4.78, 5) is 15.8. The van der Waals surface area contributed by atoms with E-state index in [9.17, 15) is 4.79 Å². The molecule has 1 aromatic heterocycles. The Morgan fingerprint density at radius 2 is 2.26 bits per heavy atom. The second-order valence-corrected chi connectivity index (χ2v) is 4.62. The van der Waals surface area contributed by atoms with Crippen LogP contribution in [0.25, 0.3) is 0 Å². The van der Waals surface area contributed by atoms with Crippen LogP contribution in [0.3, 0.4) is 0 Å². The first-order valence-corrected chi connectivity index (χ1v) is 7.08. The molecule has 7 heteroatoms. The molecular weight excluding hydrogens is 298 g/mol. The summed E-state index contributed by atoms with van der Waals surface area (Å²) in [6.45, 7) is 2.57. The number of hydrazone groups is 1. The number of hydrogen-bond donors (Lipinski definition) is 1. The highest BCUT2D eigenvalue weighted by atomic mass is 16.7. The van der Waals surface area contributed by atoms with Gasteiger partial charge in [0.15, 0.2) is 11.5 Å². The number of fused-ring (bicyclic) bond motifs is 1. The van der Waals surface area contributed by atoms with Crippen LogP contribution in [0, 0.1) is 0 Å². The van der Waals surface area contributed by atoms with Gasteiger partial charge in [0, 0.05) is 24.0 Å². The van der Waals surface area contributed by atoms with Gasteiger partial charge in [-0.1, -0.05) is 0 Å². The van der Waals surface area contributed by atoms with Crippen LogP contribution in [0.2, 0.25) is 0 Å². The van der Waals surface area contributed by atoms with Crippen LogP contribution in [0.4, 0.5) is 0 Å². The fourth-order valence-electron chi connectivity index (χ4n) is 2.04. The molecule has 0 radical (unpaired) electrons. The lowest BCUT2D eigenvalue weighted by Crippen LogP contribution is -2.17. The number of amides is 1. The standard InChI is InChI=1S/C16H15N3O4/c1-2-21-13-7-15-14(22-10-23-15)6-12(13)9-18-19-16(20)11-4-3-5-17-8-11/h3-9H,2,10H2,1H3,(H,19,20)/b18-9+. The molecule has 0 saturated carbocycles. The Labute approximate surface area is 132 Å². The van der Waals surface area contributed by atoms with Crippen molar-refractivity contribution in [3.63, 3.8) is 0 Å². The van der Waals surface area contributed by atoms with E-state index in [0.717, 1.165) is 0 Å². The minimum atomic E-state index is -0.340. The number of benzene rings is 1. The summed E-state index contributed by atoms with van der Waals surface area (Å²) >= 11 is 0. The van der Waals surface area contributed by atoms with Crippen molar-refractivity contribution in [3.05, 3.63) is 47.8 Å². The van der Waals surface area contributed by atoms with Gasteiger partial charge in [0.2, 0.25) is 6.79 Å². The van der Waals surface area contributed by atoms with Crippen molar-refractivity contribution < 1.29 is 19.0 Å². The molecule has 1 amide bonds. The number of nitrogens with zero attached hydrogens (tertiary/aromatic N) is 2. The monoisotopic (exact) mass is 313 g/mol. The van der Waals surface area contributed by atoms with Gasteiger partial charge in [-0.2, -0.15) is 5.10 Å². The molecule has 0 saturated heterocycles. The van der Waals surface area contributed by atoms with Crippen molar-refractivity contribution in [1.29, 1.82) is 0 Å². The largest absolute Gasteiger partial charge is 0.493 e. The van der Waals surface area contributed by atoms with E-state index in [4.69, 9.17) is 14.2 Å². The van der Waals surface area contributed by atoms with Gasteiger partial charge in [-0.3, -0.25) is 9.78 Å². The first kappa shape index (κ1) is 14.8. The van der Waals surface area contributed by atoms with Crippen LogP contribution >= 0.6 is 0 Å². The number of carbonyl (C=O) groups is 1. The molecular formula is C16H15N3O4.